The average molecular weight is 249 g/mol. The van der Waals surface area contributed by atoms with Crippen LogP contribution in [-0.2, 0) is 4.74 Å². The third-order valence-corrected chi connectivity index (χ3v) is 2.73. The van der Waals surface area contributed by atoms with Crippen LogP contribution in [0.25, 0.3) is 5.69 Å². The lowest BCUT2D eigenvalue weighted by atomic mass is 10.2. The topological polar surface area (TPSA) is 39.1 Å². The van der Waals surface area contributed by atoms with Gasteiger partial charge in [0.2, 0.25) is 5.95 Å². The maximum absolute atomic E-state index is 13.5. The zero-order valence-electron chi connectivity index (χ0n) is 10.5. The normalized spacial score (nSPS) is 10.6. The van der Waals surface area contributed by atoms with E-state index in [1.165, 1.54) is 6.07 Å². The highest BCUT2D eigenvalue weighted by Gasteiger charge is 2.09. The van der Waals surface area contributed by atoms with Crippen LogP contribution in [0.5, 0.6) is 0 Å². The van der Waals surface area contributed by atoms with Gasteiger partial charge >= 0.3 is 0 Å². The van der Waals surface area contributed by atoms with E-state index >= 15 is 0 Å². The second-order valence-electron chi connectivity index (χ2n) is 3.92. The molecule has 1 heterocycles. The van der Waals surface area contributed by atoms with Crippen molar-refractivity contribution in [3.63, 3.8) is 0 Å². The number of nitrogens with one attached hydrogen (secondary N) is 1. The quantitative estimate of drug-likeness (QED) is 0.827. The number of methoxy groups -OCH3 is 1. The van der Waals surface area contributed by atoms with E-state index in [9.17, 15) is 4.39 Å². The van der Waals surface area contributed by atoms with Crippen molar-refractivity contribution in [1.29, 1.82) is 0 Å². The van der Waals surface area contributed by atoms with E-state index in [4.69, 9.17) is 4.74 Å². The van der Waals surface area contributed by atoms with Gasteiger partial charge in [-0.15, -0.1) is 0 Å². The maximum Gasteiger partial charge on any atom is 0.207 e. The summed E-state index contributed by atoms with van der Waals surface area (Å²) in [6, 6.07) is 5.01. The Hall–Kier alpha value is -1.88. The molecule has 4 nitrogen and oxygen atoms in total. The lowest BCUT2D eigenvalue weighted by molar-refractivity contribution is 0.210. The van der Waals surface area contributed by atoms with Gasteiger partial charge in [-0.2, -0.15) is 0 Å². The van der Waals surface area contributed by atoms with Gasteiger partial charge in [0.1, 0.15) is 5.82 Å². The highest BCUT2D eigenvalue weighted by molar-refractivity contribution is 5.47. The van der Waals surface area contributed by atoms with Gasteiger partial charge in [-0.3, -0.25) is 4.57 Å². The number of benzene rings is 1. The molecule has 96 valence electrons. The predicted molar refractivity (Wildman–Crippen MR) is 68.6 cm³/mol. The van der Waals surface area contributed by atoms with E-state index in [2.05, 4.69) is 10.3 Å². The minimum Gasteiger partial charge on any atom is -0.383 e. The van der Waals surface area contributed by atoms with Crippen LogP contribution in [0.2, 0.25) is 0 Å². The van der Waals surface area contributed by atoms with Gasteiger partial charge in [0.05, 0.1) is 12.3 Å². The number of ether oxygens (including phenoxy) is 1. The van der Waals surface area contributed by atoms with Gasteiger partial charge in [-0.25, -0.2) is 9.37 Å². The summed E-state index contributed by atoms with van der Waals surface area (Å²) in [5.74, 6) is 0.463. The molecule has 0 aliphatic carbocycles. The largest absolute Gasteiger partial charge is 0.383 e. The lowest BCUT2D eigenvalue weighted by Crippen LogP contribution is -2.12. The van der Waals surface area contributed by atoms with E-state index < -0.39 is 0 Å². The van der Waals surface area contributed by atoms with Crippen LogP contribution in [0.15, 0.2) is 30.6 Å². The van der Waals surface area contributed by atoms with E-state index in [0.29, 0.717) is 24.7 Å². The summed E-state index contributed by atoms with van der Waals surface area (Å²) in [5.41, 5.74) is 1.39. The zero-order valence-corrected chi connectivity index (χ0v) is 10.5. The van der Waals surface area contributed by atoms with Crippen LogP contribution in [0.3, 0.4) is 0 Å². The molecule has 0 saturated carbocycles. The Balaban J connectivity index is 2.28. The van der Waals surface area contributed by atoms with Crippen LogP contribution < -0.4 is 5.32 Å². The molecule has 0 atom stereocenters. The molecular weight excluding hydrogens is 233 g/mol. The SMILES string of the molecule is COCCNc1nccn1-c1cccc(F)c1C. The van der Waals surface area contributed by atoms with Crippen LogP contribution >= 0.6 is 0 Å². The number of nitrogens with zero attached hydrogens (tertiary/aromatic N) is 2. The van der Waals surface area contributed by atoms with Crippen molar-refractivity contribution in [2.45, 2.75) is 6.92 Å². The Labute approximate surface area is 105 Å². The fraction of sp³-hybridized carbons (Fsp3) is 0.308. The first-order valence-electron chi connectivity index (χ1n) is 5.75. The summed E-state index contributed by atoms with van der Waals surface area (Å²) in [4.78, 5) is 4.21. The molecule has 0 amide bonds. The minimum atomic E-state index is -0.218. The van der Waals surface area contributed by atoms with Crippen molar-refractivity contribution in [3.8, 4) is 5.69 Å². The van der Waals surface area contributed by atoms with Crippen molar-refractivity contribution in [3.05, 3.63) is 42.0 Å². The molecular formula is C13H16FN3O. The Morgan fingerprint density at radius 1 is 1.44 bits per heavy atom. The second-order valence-corrected chi connectivity index (χ2v) is 3.92. The first-order chi connectivity index (χ1) is 8.74. The molecule has 0 fully saturated rings. The molecule has 0 unspecified atom stereocenters. The van der Waals surface area contributed by atoms with Gasteiger partial charge in [0, 0.05) is 31.6 Å². The fourth-order valence-corrected chi connectivity index (χ4v) is 1.75. The first kappa shape index (κ1) is 12.6. The number of hydrogen-bond donors (Lipinski definition) is 1. The Morgan fingerprint density at radius 2 is 2.28 bits per heavy atom. The molecule has 5 heteroatoms. The maximum atomic E-state index is 13.5. The Morgan fingerprint density at radius 3 is 3.06 bits per heavy atom. The molecule has 0 aliphatic rings. The number of rotatable bonds is 5. The number of imidazole rings is 1. The minimum absolute atomic E-state index is 0.218. The molecule has 0 saturated heterocycles. The van der Waals surface area contributed by atoms with Crippen molar-refractivity contribution in [2.75, 3.05) is 25.6 Å². The van der Waals surface area contributed by atoms with Crippen LogP contribution in [0.4, 0.5) is 10.3 Å². The van der Waals surface area contributed by atoms with Crippen molar-refractivity contribution < 1.29 is 9.13 Å². The van der Waals surface area contributed by atoms with Gasteiger partial charge in [0.25, 0.3) is 0 Å². The van der Waals surface area contributed by atoms with Gasteiger partial charge in [0.15, 0.2) is 0 Å². The summed E-state index contributed by atoms with van der Waals surface area (Å²) < 4.78 is 20.3. The van der Waals surface area contributed by atoms with Crippen molar-refractivity contribution in [1.82, 2.24) is 9.55 Å². The van der Waals surface area contributed by atoms with E-state index in [0.717, 1.165) is 5.69 Å². The first-order valence-corrected chi connectivity index (χ1v) is 5.75. The number of hydrogen-bond acceptors (Lipinski definition) is 3. The summed E-state index contributed by atoms with van der Waals surface area (Å²) in [7, 11) is 1.64. The summed E-state index contributed by atoms with van der Waals surface area (Å²) in [5, 5.41) is 3.14. The monoisotopic (exact) mass is 249 g/mol. The third-order valence-electron chi connectivity index (χ3n) is 2.73. The predicted octanol–water partition coefficient (Wildman–Crippen LogP) is 2.38. The second kappa shape index (κ2) is 5.64. The average Bonchev–Trinajstić information content (AvgIpc) is 2.81. The number of aromatic nitrogens is 2. The highest BCUT2D eigenvalue weighted by atomic mass is 19.1. The number of anilines is 1. The molecule has 1 N–H and O–H groups in total. The fourth-order valence-electron chi connectivity index (χ4n) is 1.75. The smallest absolute Gasteiger partial charge is 0.207 e. The molecule has 0 aliphatic heterocycles. The molecule has 1 aromatic carbocycles. The molecule has 18 heavy (non-hydrogen) atoms. The Kier molecular flexibility index (Phi) is 3.94. The van der Waals surface area contributed by atoms with E-state index in [1.54, 1.807) is 32.5 Å². The molecule has 0 radical (unpaired) electrons. The van der Waals surface area contributed by atoms with E-state index in [1.807, 2.05) is 10.6 Å². The van der Waals surface area contributed by atoms with Gasteiger partial charge < -0.3 is 10.1 Å². The molecule has 1 aromatic heterocycles. The zero-order chi connectivity index (χ0) is 13.0. The summed E-state index contributed by atoms with van der Waals surface area (Å²) in [6.07, 6.45) is 3.48. The van der Waals surface area contributed by atoms with Crippen molar-refractivity contribution in [2.24, 2.45) is 0 Å². The van der Waals surface area contributed by atoms with Crippen LogP contribution in [0.1, 0.15) is 5.56 Å². The highest BCUT2D eigenvalue weighted by Crippen LogP contribution is 2.20. The standard InChI is InChI=1S/C13H16FN3O/c1-10-11(14)4-3-5-12(10)17-8-6-15-13(17)16-7-9-18-2/h3-6,8H,7,9H2,1-2H3,(H,15,16). The summed E-state index contributed by atoms with van der Waals surface area (Å²) in [6.45, 7) is 3.00. The van der Waals surface area contributed by atoms with Crippen molar-refractivity contribution >= 4 is 5.95 Å². The number of halogens is 1. The third kappa shape index (κ3) is 2.51. The summed E-state index contributed by atoms with van der Waals surface area (Å²) >= 11 is 0. The molecule has 2 aromatic rings. The van der Waals surface area contributed by atoms with E-state index in [-0.39, 0.29) is 5.82 Å². The lowest BCUT2D eigenvalue weighted by Gasteiger charge is -2.12. The van der Waals surface area contributed by atoms with Gasteiger partial charge in [-0.05, 0) is 19.1 Å². The van der Waals surface area contributed by atoms with Crippen LogP contribution in [0, 0.1) is 12.7 Å². The molecule has 2 rings (SSSR count). The Bertz CT molecular complexity index is 525. The molecule has 0 bridgehead atoms. The van der Waals surface area contributed by atoms with Gasteiger partial charge in [-0.1, -0.05) is 6.07 Å². The van der Waals surface area contributed by atoms with Crippen LogP contribution in [-0.4, -0.2) is 29.8 Å². The molecule has 0 spiro atoms.